The summed E-state index contributed by atoms with van der Waals surface area (Å²) in [5.41, 5.74) is 0.559. The smallest absolute Gasteiger partial charge is 0.416 e. The monoisotopic (exact) mass is 424 g/mol. The first kappa shape index (κ1) is 19.9. The maximum atomic E-state index is 12.7. The number of hydrogen-bond acceptors (Lipinski definition) is 3. The fraction of sp³-hybridized carbons (Fsp3) is 0.350. The van der Waals surface area contributed by atoms with E-state index in [0.717, 1.165) is 24.0 Å². The average molecular weight is 424 g/mol. The Morgan fingerprint density at radius 3 is 2.28 bits per heavy atom. The highest BCUT2D eigenvalue weighted by Gasteiger charge is 2.51. The number of carbonyl (C=O) groups excluding carboxylic acids is 1. The van der Waals surface area contributed by atoms with Crippen molar-refractivity contribution in [3.63, 3.8) is 0 Å². The van der Waals surface area contributed by atoms with Gasteiger partial charge in [0.1, 0.15) is 16.7 Å². The van der Waals surface area contributed by atoms with Gasteiger partial charge in [0, 0.05) is 24.1 Å². The van der Waals surface area contributed by atoms with Gasteiger partial charge in [-0.3, -0.25) is 4.79 Å². The van der Waals surface area contributed by atoms with E-state index in [1.165, 1.54) is 16.4 Å². The van der Waals surface area contributed by atoms with E-state index in [-0.39, 0.29) is 23.4 Å². The number of para-hydroxylation sites is 1. The maximum absolute atomic E-state index is 12.7. The number of likely N-dealkylation sites (tertiary alicyclic amines) is 1. The first-order valence-electron chi connectivity index (χ1n) is 9.01. The molecule has 29 heavy (non-hydrogen) atoms. The number of anilines is 1. The summed E-state index contributed by atoms with van der Waals surface area (Å²) in [4.78, 5) is 14.2. The molecule has 1 saturated heterocycles. The lowest BCUT2D eigenvalue weighted by Gasteiger charge is -2.54. The largest absolute Gasteiger partial charge is 0.593 e. The zero-order valence-electron chi connectivity index (χ0n) is 15.6. The zero-order chi connectivity index (χ0) is 21.0. The van der Waals surface area contributed by atoms with E-state index in [9.17, 15) is 26.7 Å². The van der Waals surface area contributed by atoms with E-state index in [1.54, 1.807) is 17.0 Å². The second-order valence-electron chi connectivity index (χ2n) is 7.81. The van der Waals surface area contributed by atoms with Crippen molar-refractivity contribution in [2.45, 2.75) is 12.6 Å². The van der Waals surface area contributed by atoms with Gasteiger partial charge in [-0.05, 0) is 42.3 Å². The lowest BCUT2D eigenvalue weighted by molar-refractivity contribution is -0.137. The fourth-order valence-electron chi connectivity index (χ4n) is 4.15. The number of carbonyl (C=O) groups is 1. The van der Waals surface area contributed by atoms with E-state index in [2.05, 4.69) is 0 Å². The van der Waals surface area contributed by atoms with E-state index >= 15 is 0 Å². The third-order valence-electron chi connectivity index (χ3n) is 5.50. The molecule has 2 aromatic rings. The molecule has 5 nitrogen and oxygen atoms in total. The van der Waals surface area contributed by atoms with E-state index < -0.39 is 22.1 Å². The Bertz CT molecular complexity index is 995. The maximum Gasteiger partial charge on any atom is 0.416 e. The quantitative estimate of drug-likeness (QED) is 0.695. The van der Waals surface area contributed by atoms with Crippen LogP contribution in [-0.4, -0.2) is 41.2 Å². The minimum atomic E-state index is -4.45. The normalized spacial score (nSPS) is 20.0. The van der Waals surface area contributed by atoms with Crippen LogP contribution in [0.15, 0.2) is 48.5 Å². The number of sulfonamides is 1. The van der Waals surface area contributed by atoms with Crippen molar-refractivity contribution in [1.82, 2.24) is 4.90 Å². The van der Waals surface area contributed by atoms with Crippen LogP contribution in [0.3, 0.4) is 0 Å². The van der Waals surface area contributed by atoms with Gasteiger partial charge in [0.2, 0.25) is 0 Å². The molecule has 0 bridgehead atoms. The van der Waals surface area contributed by atoms with Crippen molar-refractivity contribution >= 4 is 22.0 Å². The van der Waals surface area contributed by atoms with Crippen molar-refractivity contribution in [3.8, 4) is 0 Å². The molecule has 0 aromatic heterocycles. The summed E-state index contributed by atoms with van der Waals surface area (Å²) in [6.07, 6.45) is -2.65. The Balaban J connectivity index is 1.51. The van der Waals surface area contributed by atoms with Crippen LogP contribution in [0.25, 0.3) is 0 Å². The Labute approximate surface area is 167 Å². The predicted octanol–water partition coefficient (Wildman–Crippen LogP) is 3.39. The molecule has 1 atom stereocenters. The minimum Gasteiger partial charge on any atom is -0.593 e. The summed E-state index contributed by atoms with van der Waals surface area (Å²) < 4.78 is 64.0. The Morgan fingerprint density at radius 2 is 1.69 bits per heavy atom. The van der Waals surface area contributed by atoms with E-state index in [0.29, 0.717) is 25.2 Å². The third-order valence-corrected chi connectivity index (χ3v) is 6.63. The van der Waals surface area contributed by atoms with Gasteiger partial charge in [-0.25, -0.2) is 0 Å². The molecule has 1 spiro atoms. The molecule has 2 aromatic carbocycles. The number of amides is 1. The number of halogens is 3. The van der Waals surface area contributed by atoms with Crippen molar-refractivity contribution in [2.24, 2.45) is 5.41 Å². The Hall–Kier alpha value is -2.39. The lowest BCUT2D eigenvalue weighted by atomic mass is 9.72. The molecular formula is C20H19F3N2O3S. The van der Waals surface area contributed by atoms with Gasteiger partial charge < -0.3 is 9.45 Å². The molecule has 2 heterocycles. The Kier molecular flexibility index (Phi) is 4.51. The number of alkyl halides is 3. The first-order chi connectivity index (χ1) is 13.5. The van der Waals surface area contributed by atoms with Crippen molar-refractivity contribution in [1.29, 1.82) is 0 Å². The summed E-state index contributed by atoms with van der Waals surface area (Å²) in [5, 5.41) is 0. The number of rotatable bonds is 2. The van der Waals surface area contributed by atoms with E-state index in [1.807, 2.05) is 12.1 Å². The SMILES string of the molecule is C[S+](=O)([O-])N1CC2(Cc3ccccc31)CN(C(=O)c1ccc(C(F)(F)F)cc1)C2. The molecule has 1 amide bonds. The van der Waals surface area contributed by atoms with Crippen LogP contribution in [0.1, 0.15) is 21.5 Å². The van der Waals surface area contributed by atoms with Crippen LogP contribution < -0.4 is 4.31 Å². The van der Waals surface area contributed by atoms with Gasteiger partial charge >= 0.3 is 6.18 Å². The summed E-state index contributed by atoms with van der Waals surface area (Å²) in [7, 11) is -3.47. The molecule has 4 rings (SSSR count). The number of fused-ring (bicyclic) bond motifs is 1. The van der Waals surface area contributed by atoms with E-state index in [4.69, 9.17) is 0 Å². The average Bonchev–Trinajstić information content (AvgIpc) is 2.63. The van der Waals surface area contributed by atoms with Crippen molar-refractivity contribution in [3.05, 3.63) is 65.2 Å². The molecule has 0 radical (unpaired) electrons. The van der Waals surface area contributed by atoms with Crippen molar-refractivity contribution < 1.29 is 26.7 Å². The van der Waals surface area contributed by atoms with Crippen LogP contribution in [0.4, 0.5) is 18.9 Å². The molecule has 0 saturated carbocycles. The van der Waals surface area contributed by atoms with Gasteiger partial charge in [0.25, 0.3) is 5.91 Å². The van der Waals surface area contributed by atoms with Crippen LogP contribution in [0.2, 0.25) is 0 Å². The second kappa shape index (κ2) is 6.56. The predicted molar refractivity (Wildman–Crippen MR) is 102 cm³/mol. The van der Waals surface area contributed by atoms with Gasteiger partial charge in [0.05, 0.1) is 17.8 Å². The minimum absolute atomic E-state index is 0.184. The van der Waals surface area contributed by atoms with Gasteiger partial charge in [-0.1, -0.05) is 22.4 Å². The molecule has 9 heteroatoms. The molecular weight excluding hydrogens is 405 g/mol. The molecule has 0 aliphatic carbocycles. The molecule has 2 aliphatic rings. The highest BCUT2D eigenvalue weighted by molar-refractivity contribution is 7.98. The van der Waals surface area contributed by atoms with Crippen LogP contribution in [0.5, 0.6) is 0 Å². The van der Waals surface area contributed by atoms with Gasteiger partial charge in [-0.2, -0.15) is 17.5 Å². The topological polar surface area (TPSA) is 63.7 Å². The summed E-state index contributed by atoms with van der Waals surface area (Å²) in [6, 6.07) is 11.4. The molecule has 0 N–H and O–H groups in total. The first-order valence-corrected chi connectivity index (χ1v) is 10.9. The van der Waals surface area contributed by atoms with Crippen LogP contribution in [-0.2, 0) is 27.2 Å². The van der Waals surface area contributed by atoms with Gasteiger partial charge in [-0.15, -0.1) is 0 Å². The molecule has 154 valence electrons. The third kappa shape index (κ3) is 3.64. The highest BCUT2D eigenvalue weighted by Crippen LogP contribution is 2.44. The zero-order valence-corrected chi connectivity index (χ0v) is 16.4. The fourth-order valence-corrected chi connectivity index (χ4v) is 5.20. The molecule has 1 unspecified atom stereocenters. The molecule has 2 aliphatic heterocycles. The van der Waals surface area contributed by atoms with Crippen LogP contribution in [0, 0.1) is 5.41 Å². The summed E-state index contributed by atoms with van der Waals surface area (Å²) in [5.74, 6) is -0.353. The van der Waals surface area contributed by atoms with Gasteiger partial charge in [0.15, 0.2) is 0 Å². The standard InChI is InChI=1S/C20H19F3N2O3S/c1-29(27,28)25-13-19(10-15-4-2-3-5-17(15)25)11-24(12-19)18(26)14-6-8-16(9-7-14)20(21,22)23/h2-9H,10-13H2,1H3. The highest BCUT2D eigenvalue weighted by atomic mass is 32.3. The second-order valence-corrected chi connectivity index (χ2v) is 9.72. The number of hydrogen-bond donors (Lipinski definition) is 0. The Morgan fingerprint density at radius 1 is 1.07 bits per heavy atom. The number of benzene rings is 2. The van der Waals surface area contributed by atoms with Crippen molar-refractivity contribution in [2.75, 3.05) is 30.2 Å². The van der Waals surface area contributed by atoms with Crippen LogP contribution >= 0.6 is 0 Å². The molecule has 1 fully saturated rings. The summed E-state index contributed by atoms with van der Waals surface area (Å²) >= 11 is 0. The lowest BCUT2D eigenvalue weighted by Crippen LogP contribution is -2.65. The number of nitrogens with zero attached hydrogens (tertiary/aromatic N) is 2. The summed E-state index contributed by atoms with van der Waals surface area (Å²) in [6.45, 7) is 0.986.